The second-order valence-corrected chi connectivity index (χ2v) is 7.44. The predicted octanol–water partition coefficient (Wildman–Crippen LogP) is 3.70. The lowest BCUT2D eigenvalue weighted by molar-refractivity contribution is 0.483. The molecule has 0 amide bonds. The third-order valence-electron chi connectivity index (χ3n) is 2.71. The molecular weight excluding hydrogens is 334 g/mol. The monoisotopic (exact) mass is 345 g/mol. The average molecular weight is 345 g/mol. The van der Waals surface area contributed by atoms with E-state index in [0.29, 0.717) is 5.56 Å². The quantitative estimate of drug-likeness (QED) is 0.589. The van der Waals surface area contributed by atoms with E-state index in [-0.39, 0.29) is 11.1 Å². The Balaban J connectivity index is 3.82. The van der Waals surface area contributed by atoms with E-state index in [0.717, 1.165) is 12.1 Å². The van der Waals surface area contributed by atoms with Crippen LogP contribution in [0.25, 0.3) is 11.0 Å². The molecular formula is C11H11N3O6S2. The topological polar surface area (TPSA) is 143 Å². The van der Waals surface area contributed by atoms with Crippen LogP contribution in [0.4, 0.5) is 0 Å². The van der Waals surface area contributed by atoms with Crippen molar-refractivity contribution in [3.8, 4) is 0 Å². The van der Waals surface area contributed by atoms with Crippen molar-refractivity contribution >= 4 is 31.7 Å². The largest absolute Gasteiger partial charge is 0.295 e. The Morgan fingerprint density at radius 1 is 1.18 bits per heavy atom. The summed E-state index contributed by atoms with van der Waals surface area (Å²) in [6, 6.07) is 2.49. The van der Waals surface area contributed by atoms with Gasteiger partial charge in [-0.1, -0.05) is 25.3 Å². The molecule has 0 saturated heterocycles. The van der Waals surface area contributed by atoms with Gasteiger partial charge in [0.05, 0.1) is 4.91 Å². The summed E-state index contributed by atoms with van der Waals surface area (Å²) >= 11 is 0. The van der Waals surface area contributed by atoms with Crippen molar-refractivity contribution in [1.82, 2.24) is 0 Å². The zero-order valence-corrected chi connectivity index (χ0v) is 12.9. The fraction of sp³-hybridized carbons (Fsp3) is 0.0909. The summed E-state index contributed by atoms with van der Waals surface area (Å²) in [5.41, 5.74) is 0.118. The van der Waals surface area contributed by atoms with E-state index in [2.05, 4.69) is 26.9 Å². The minimum Gasteiger partial charge on any atom is -0.282 e. The zero-order valence-electron chi connectivity index (χ0n) is 11.3. The Morgan fingerprint density at radius 2 is 1.68 bits per heavy atom. The smallest absolute Gasteiger partial charge is 0.282 e. The molecule has 0 spiro atoms. The molecule has 0 aliphatic carbocycles. The molecule has 1 rings (SSSR count). The Labute approximate surface area is 127 Å². The molecule has 0 heterocycles. The maximum Gasteiger partial charge on any atom is 0.295 e. The maximum atomic E-state index is 11.4. The van der Waals surface area contributed by atoms with E-state index in [1.165, 1.54) is 13.0 Å². The second-order valence-electron chi connectivity index (χ2n) is 4.07. The second kappa shape index (κ2) is 6.25. The van der Waals surface area contributed by atoms with Gasteiger partial charge in [0.1, 0.15) is 4.90 Å². The number of aryl methyl sites for hydroxylation is 1. The SMILES string of the molecule is C=Cc1c(C(=C)S(N=O)(N=O)N=O)cc(C)cc1S(=O)(=O)O. The van der Waals surface area contributed by atoms with E-state index in [4.69, 9.17) is 0 Å². The number of hydrogen-bond donors (Lipinski definition) is 1. The Morgan fingerprint density at radius 3 is 2.05 bits per heavy atom. The van der Waals surface area contributed by atoms with Crippen LogP contribution >= 0.6 is 10.6 Å². The predicted molar refractivity (Wildman–Crippen MR) is 85.1 cm³/mol. The van der Waals surface area contributed by atoms with E-state index in [1.807, 2.05) is 0 Å². The van der Waals surface area contributed by atoms with Crippen LogP contribution in [0.5, 0.6) is 0 Å². The van der Waals surface area contributed by atoms with Gasteiger partial charge in [0.25, 0.3) is 10.1 Å². The molecule has 0 aromatic heterocycles. The van der Waals surface area contributed by atoms with Crippen molar-refractivity contribution in [2.24, 2.45) is 13.7 Å². The number of benzene rings is 1. The van der Waals surface area contributed by atoms with Gasteiger partial charge in [0.15, 0.2) is 10.6 Å². The highest BCUT2D eigenvalue weighted by Crippen LogP contribution is 2.63. The molecule has 22 heavy (non-hydrogen) atoms. The van der Waals surface area contributed by atoms with Gasteiger partial charge >= 0.3 is 0 Å². The molecule has 118 valence electrons. The third-order valence-corrected chi connectivity index (χ3v) is 5.11. The van der Waals surface area contributed by atoms with Gasteiger partial charge in [-0.15, -0.1) is 14.7 Å². The summed E-state index contributed by atoms with van der Waals surface area (Å²) in [5.74, 6) is 0. The van der Waals surface area contributed by atoms with Crippen molar-refractivity contribution in [3.05, 3.63) is 56.7 Å². The molecule has 9 nitrogen and oxygen atoms in total. The summed E-state index contributed by atoms with van der Waals surface area (Å²) in [7, 11) is -8.48. The molecule has 1 N–H and O–H groups in total. The fourth-order valence-electron chi connectivity index (χ4n) is 1.74. The standard InChI is InChI=1S/C11H11N3O6S2/c1-4-9-10(8(3)21(12-15,13-16)14-17)5-7(2)6-11(9)22(18,19)20/h4-6H,1,3H2,2H3,(H,18,19,20). The molecule has 0 atom stereocenters. The summed E-state index contributed by atoms with van der Waals surface area (Å²) in [6.07, 6.45) is 1.06. The number of nitroso groups, excluding NO2 is 3. The summed E-state index contributed by atoms with van der Waals surface area (Å²) < 4.78 is 39.2. The van der Waals surface area contributed by atoms with Crippen LogP contribution in [0.3, 0.4) is 0 Å². The van der Waals surface area contributed by atoms with Gasteiger partial charge in [-0.3, -0.25) is 4.55 Å². The highest BCUT2D eigenvalue weighted by atomic mass is 32.3. The molecule has 0 saturated carbocycles. The molecule has 11 heteroatoms. The van der Waals surface area contributed by atoms with Gasteiger partial charge in [0.2, 0.25) is 0 Å². The van der Waals surface area contributed by atoms with Crippen LogP contribution in [-0.2, 0) is 10.1 Å². The van der Waals surface area contributed by atoms with Crippen LogP contribution in [0.15, 0.2) is 43.9 Å². The molecule has 1 aromatic carbocycles. The average Bonchev–Trinajstić information content (AvgIpc) is 2.47. The zero-order chi connectivity index (χ0) is 17.1. The first kappa shape index (κ1) is 17.8. The highest BCUT2D eigenvalue weighted by Gasteiger charge is 2.35. The van der Waals surface area contributed by atoms with Crippen LogP contribution in [0, 0.1) is 21.6 Å². The van der Waals surface area contributed by atoms with Gasteiger partial charge in [-0.2, -0.15) is 8.42 Å². The summed E-state index contributed by atoms with van der Waals surface area (Å²) in [4.78, 5) is 31.5. The maximum absolute atomic E-state index is 11.4. The van der Waals surface area contributed by atoms with Crippen molar-refractivity contribution in [3.63, 3.8) is 0 Å². The number of rotatable bonds is 7. The molecule has 0 radical (unpaired) electrons. The van der Waals surface area contributed by atoms with Crippen LogP contribution in [0.1, 0.15) is 16.7 Å². The number of hydrogen-bond acceptors (Lipinski definition) is 8. The van der Waals surface area contributed by atoms with Crippen molar-refractivity contribution in [2.75, 3.05) is 0 Å². The van der Waals surface area contributed by atoms with Gasteiger partial charge in [-0.05, 0) is 18.6 Å². The third kappa shape index (κ3) is 3.00. The van der Waals surface area contributed by atoms with E-state index >= 15 is 0 Å². The normalized spacial score (nSPS) is 12.3. The Kier molecular flexibility index (Phi) is 5.06. The van der Waals surface area contributed by atoms with E-state index in [1.54, 1.807) is 0 Å². The highest BCUT2D eigenvalue weighted by molar-refractivity contribution is 8.37. The first-order valence-electron chi connectivity index (χ1n) is 5.47. The molecule has 0 aliphatic heterocycles. The van der Waals surface area contributed by atoms with Crippen LogP contribution in [-0.4, -0.2) is 13.0 Å². The molecule has 0 unspecified atom stereocenters. The lowest BCUT2D eigenvalue weighted by atomic mass is 10.0. The summed E-state index contributed by atoms with van der Waals surface area (Å²) in [6.45, 7) is 8.31. The fourth-order valence-corrected chi connectivity index (χ4v) is 3.36. The van der Waals surface area contributed by atoms with Gasteiger partial charge in [0, 0.05) is 24.9 Å². The minimum absolute atomic E-state index is 0.0866. The lowest BCUT2D eigenvalue weighted by Gasteiger charge is -2.20. The molecule has 0 aliphatic rings. The van der Waals surface area contributed by atoms with E-state index < -0.39 is 30.5 Å². The van der Waals surface area contributed by atoms with Gasteiger partial charge in [-0.25, -0.2) is 0 Å². The van der Waals surface area contributed by atoms with Crippen molar-refractivity contribution in [1.29, 1.82) is 0 Å². The summed E-state index contributed by atoms with van der Waals surface area (Å²) in [5, 5.41) is 0. The van der Waals surface area contributed by atoms with Crippen LogP contribution in [0.2, 0.25) is 0 Å². The number of nitrogens with zero attached hydrogens (tertiary/aromatic N) is 3. The van der Waals surface area contributed by atoms with Gasteiger partial charge < -0.3 is 0 Å². The first-order valence-corrected chi connectivity index (χ1v) is 8.42. The lowest BCUT2D eigenvalue weighted by Crippen LogP contribution is -2.05. The van der Waals surface area contributed by atoms with Crippen molar-refractivity contribution < 1.29 is 13.0 Å². The van der Waals surface area contributed by atoms with Crippen LogP contribution < -0.4 is 0 Å². The molecule has 1 aromatic rings. The minimum atomic E-state index is -4.62. The molecule has 0 bridgehead atoms. The van der Waals surface area contributed by atoms with E-state index in [9.17, 15) is 27.7 Å². The van der Waals surface area contributed by atoms with Crippen molar-refractivity contribution in [2.45, 2.75) is 11.8 Å². The molecule has 0 fully saturated rings. The Bertz CT molecular complexity index is 765. The Hall–Kier alpha value is -2.24. The first-order chi connectivity index (χ1) is 10.2.